The summed E-state index contributed by atoms with van der Waals surface area (Å²) in [6.07, 6.45) is 6.73. The van der Waals surface area contributed by atoms with Crippen molar-refractivity contribution in [1.29, 1.82) is 10.7 Å². The van der Waals surface area contributed by atoms with Gasteiger partial charge in [-0.3, -0.25) is 21.1 Å². The average Bonchev–Trinajstić information content (AvgIpc) is 2.99. The maximum atomic E-state index is 13.2. The number of aryl methyl sites for hydroxylation is 1. The Hall–Kier alpha value is -3.78. The van der Waals surface area contributed by atoms with Crippen LogP contribution >= 0.6 is 23.9 Å². The summed E-state index contributed by atoms with van der Waals surface area (Å²) >= 11 is 2.75. The average molecular weight is 598 g/mol. The molecule has 3 aliphatic rings. The van der Waals surface area contributed by atoms with Gasteiger partial charge in [-0.15, -0.1) is 0 Å². The summed E-state index contributed by atoms with van der Waals surface area (Å²) in [6, 6.07) is 3.74. The zero-order chi connectivity index (χ0) is 29.4. The first-order chi connectivity index (χ1) is 19.8. The Morgan fingerprint density at radius 3 is 2.59 bits per heavy atom. The van der Waals surface area contributed by atoms with Gasteiger partial charge in [0.15, 0.2) is 0 Å². The molecule has 0 aromatic carbocycles. The number of amides is 1. The van der Waals surface area contributed by atoms with Crippen LogP contribution in [0.15, 0.2) is 46.5 Å². The number of hydrogen-bond acceptors (Lipinski definition) is 14. The van der Waals surface area contributed by atoms with E-state index in [-0.39, 0.29) is 10.9 Å². The molecular weight excluding hydrogens is 562 g/mol. The Kier molecular flexibility index (Phi) is 10.5. The van der Waals surface area contributed by atoms with E-state index in [1.807, 2.05) is 29.4 Å². The molecule has 4 rings (SSSR count). The molecule has 14 nitrogen and oxygen atoms in total. The predicted octanol–water partition coefficient (Wildman–Crippen LogP) is 0.120. The highest BCUT2D eigenvalue weighted by atomic mass is 32.2. The summed E-state index contributed by atoms with van der Waals surface area (Å²) in [5.41, 5.74) is 13.9. The summed E-state index contributed by atoms with van der Waals surface area (Å²) in [4.78, 5) is 30.3. The van der Waals surface area contributed by atoms with Gasteiger partial charge in [-0.1, -0.05) is 11.9 Å². The fourth-order valence-electron chi connectivity index (χ4n) is 4.29. The van der Waals surface area contributed by atoms with Crippen molar-refractivity contribution in [2.24, 2.45) is 10.7 Å². The minimum atomic E-state index is -0.474. The molecule has 218 valence electrons. The summed E-state index contributed by atoms with van der Waals surface area (Å²) in [5, 5.41) is 21.1. The highest BCUT2D eigenvalue weighted by molar-refractivity contribution is 8.12. The van der Waals surface area contributed by atoms with Crippen LogP contribution in [0.25, 0.3) is 0 Å². The van der Waals surface area contributed by atoms with Crippen molar-refractivity contribution in [2.45, 2.75) is 6.92 Å². The first-order valence-electron chi connectivity index (χ1n) is 13.1. The maximum absolute atomic E-state index is 13.2. The van der Waals surface area contributed by atoms with Crippen LogP contribution in [-0.4, -0.2) is 106 Å². The largest absolute Gasteiger partial charge is 0.384 e. The Labute approximate surface area is 248 Å². The summed E-state index contributed by atoms with van der Waals surface area (Å²) in [7, 11) is 1.86. The topological polar surface area (TPSA) is 178 Å². The van der Waals surface area contributed by atoms with Gasteiger partial charge in [0, 0.05) is 71.4 Å². The molecule has 4 heterocycles. The molecule has 41 heavy (non-hydrogen) atoms. The standard InChI is InChI=1S/C25H35N13OS2/c1-17-14-18(16-26)31-25(30-17)37-10-12-38(13-11-37)41-21(28)5-4-20(27)32-24(39)19-15-22(36-8-6-29-7-9-36)33-34-23(19)35(2)40-3/h4-5,14-15,28-29,33-34H,6-13H2,1-3H3,(H2,27,32,39)/b5-4-,28-21?. The molecule has 0 aliphatic carbocycles. The molecule has 2 saturated heterocycles. The zero-order valence-corrected chi connectivity index (χ0v) is 25.0. The minimum absolute atomic E-state index is 0.0179. The third-order valence-electron chi connectivity index (χ3n) is 6.46. The van der Waals surface area contributed by atoms with E-state index in [1.165, 1.54) is 36.0 Å². The third kappa shape index (κ3) is 8.13. The molecule has 0 spiro atoms. The quantitative estimate of drug-likeness (QED) is 0.155. The van der Waals surface area contributed by atoms with Gasteiger partial charge in [-0.2, -0.15) is 10.3 Å². The molecule has 0 radical (unpaired) electrons. The van der Waals surface area contributed by atoms with Crippen LogP contribution < -0.4 is 26.8 Å². The number of hydrazine groups is 1. The van der Waals surface area contributed by atoms with Crippen LogP contribution in [-0.2, 0) is 4.79 Å². The molecule has 6 N–H and O–H groups in total. The number of amidine groups is 1. The zero-order valence-electron chi connectivity index (χ0n) is 23.3. The Balaban J connectivity index is 1.35. The molecule has 0 atom stereocenters. The highest BCUT2D eigenvalue weighted by Gasteiger charge is 2.25. The molecule has 0 bridgehead atoms. The van der Waals surface area contributed by atoms with Gasteiger partial charge < -0.3 is 25.2 Å². The second kappa shape index (κ2) is 14.2. The van der Waals surface area contributed by atoms with Crippen LogP contribution in [0, 0.1) is 23.7 Å². The lowest BCUT2D eigenvalue weighted by atomic mass is 10.2. The van der Waals surface area contributed by atoms with Crippen molar-refractivity contribution in [3.63, 3.8) is 0 Å². The first-order valence-corrected chi connectivity index (χ1v) is 15.0. The molecule has 16 heteroatoms. The summed E-state index contributed by atoms with van der Waals surface area (Å²) in [5.74, 6) is 1.48. The van der Waals surface area contributed by atoms with E-state index < -0.39 is 5.91 Å². The molecule has 1 aromatic heterocycles. The molecular formula is C25H35N13OS2. The second-order valence-electron chi connectivity index (χ2n) is 9.31. The number of anilines is 1. The minimum Gasteiger partial charge on any atom is -0.384 e. The van der Waals surface area contributed by atoms with E-state index in [4.69, 9.17) is 11.1 Å². The molecule has 0 saturated carbocycles. The van der Waals surface area contributed by atoms with Gasteiger partial charge >= 0.3 is 0 Å². The van der Waals surface area contributed by atoms with Crippen molar-refractivity contribution in [2.75, 3.05) is 70.6 Å². The van der Waals surface area contributed by atoms with Gasteiger partial charge in [0.25, 0.3) is 5.91 Å². The third-order valence-corrected chi connectivity index (χ3v) is 8.15. The van der Waals surface area contributed by atoms with E-state index in [9.17, 15) is 10.1 Å². The second-order valence-corrected chi connectivity index (χ2v) is 11.4. The van der Waals surface area contributed by atoms with E-state index in [0.29, 0.717) is 49.2 Å². The molecule has 2 fully saturated rings. The number of nitrogens with two attached hydrogens (primary N) is 1. The van der Waals surface area contributed by atoms with Crippen LogP contribution in [0.2, 0.25) is 0 Å². The van der Waals surface area contributed by atoms with Crippen molar-refractivity contribution in [3.05, 3.63) is 52.9 Å². The Bertz CT molecular complexity index is 1300. The van der Waals surface area contributed by atoms with E-state index in [2.05, 4.69) is 46.4 Å². The lowest BCUT2D eigenvalue weighted by Gasteiger charge is -2.35. The number of piperazine rings is 2. The smallest absolute Gasteiger partial charge is 0.282 e. The highest BCUT2D eigenvalue weighted by Crippen LogP contribution is 2.21. The first kappa shape index (κ1) is 30.2. The van der Waals surface area contributed by atoms with Gasteiger partial charge in [0.05, 0.1) is 5.57 Å². The lowest BCUT2D eigenvalue weighted by molar-refractivity contribution is -0.114. The fourth-order valence-corrected chi connectivity index (χ4v) is 5.37. The maximum Gasteiger partial charge on any atom is 0.282 e. The monoisotopic (exact) mass is 597 g/mol. The van der Waals surface area contributed by atoms with Crippen molar-refractivity contribution < 1.29 is 4.79 Å². The number of carbonyl (C=O) groups excluding carboxylic acids is 1. The molecule has 1 amide bonds. The van der Waals surface area contributed by atoms with Crippen LogP contribution in [0.5, 0.6) is 0 Å². The number of aromatic nitrogens is 2. The predicted molar refractivity (Wildman–Crippen MR) is 163 cm³/mol. The molecule has 0 unspecified atom stereocenters. The lowest BCUT2D eigenvalue weighted by Crippen LogP contribution is -2.50. The van der Waals surface area contributed by atoms with Gasteiger partial charge in [0.2, 0.25) is 5.95 Å². The van der Waals surface area contributed by atoms with Crippen LogP contribution in [0.4, 0.5) is 5.95 Å². The SMILES string of the molecule is CSN(C)C1=C(C(=O)N=C(N)/C=C\C(=N)SN2CCN(c3nc(C)cc(C#N)n3)CC2)C=C(N2CCNCC2)NN1. The number of nitrogens with one attached hydrogen (secondary N) is 4. The van der Waals surface area contributed by atoms with Gasteiger partial charge in [-0.25, -0.2) is 14.3 Å². The number of rotatable bonds is 8. The van der Waals surface area contributed by atoms with Crippen molar-refractivity contribution in [1.82, 2.24) is 39.6 Å². The van der Waals surface area contributed by atoms with Crippen LogP contribution in [0.3, 0.4) is 0 Å². The number of hydrogen-bond donors (Lipinski definition) is 5. The number of aliphatic imine (C=N–C) groups is 1. The summed E-state index contributed by atoms with van der Waals surface area (Å²) < 4.78 is 3.91. The Morgan fingerprint density at radius 1 is 1.17 bits per heavy atom. The number of carbonyl (C=O) groups is 1. The van der Waals surface area contributed by atoms with E-state index >= 15 is 0 Å². The normalized spacial score (nSPS) is 18.5. The Morgan fingerprint density at radius 2 is 1.90 bits per heavy atom. The fraction of sp³-hybridized carbons (Fsp3) is 0.440. The summed E-state index contributed by atoms with van der Waals surface area (Å²) in [6.45, 7) is 7.93. The number of nitriles is 1. The van der Waals surface area contributed by atoms with E-state index in [1.54, 1.807) is 12.1 Å². The molecule has 3 aliphatic heterocycles. The van der Waals surface area contributed by atoms with E-state index in [0.717, 1.165) is 37.7 Å². The molecule has 1 aromatic rings. The van der Waals surface area contributed by atoms with Crippen LogP contribution in [0.1, 0.15) is 11.4 Å². The van der Waals surface area contributed by atoms with Crippen molar-refractivity contribution in [3.8, 4) is 6.07 Å². The number of nitrogens with zero attached hydrogens (tertiary/aromatic N) is 8. The van der Waals surface area contributed by atoms with Gasteiger partial charge in [0.1, 0.15) is 34.3 Å². The van der Waals surface area contributed by atoms with Crippen molar-refractivity contribution >= 4 is 46.6 Å². The van der Waals surface area contributed by atoms with Gasteiger partial charge in [-0.05, 0) is 43.2 Å².